The van der Waals surface area contributed by atoms with Gasteiger partial charge >= 0.3 is 0 Å². The van der Waals surface area contributed by atoms with E-state index < -0.39 is 0 Å². The third kappa shape index (κ3) is 2.95. The van der Waals surface area contributed by atoms with Crippen molar-refractivity contribution < 1.29 is 0 Å². The Balaban J connectivity index is 1.54. The second kappa shape index (κ2) is 6.74. The molecule has 6 heteroatoms. The Labute approximate surface area is 161 Å². The maximum atomic E-state index is 4.53. The van der Waals surface area contributed by atoms with Crippen LogP contribution < -0.4 is 5.32 Å². The van der Waals surface area contributed by atoms with Crippen LogP contribution in [-0.2, 0) is 13.6 Å². The second-order valence-corrected chi connectivity index (χ2v) is 6.69. The molecule has 2 aromatic carbocycles. The first-order chi connectivity index (χ1) is 13.8. The molecule has 0 saturated heterocycles. The standard InChI is InChI=1S/C22H18N6/c1-28-21-10-17(12-23-20(21)13-27-28)16-7-8-19-18(9-16)22(26-14-25-19)24-11-15-5-3-2-4-6-15/h2-10,12-14H,11H2,1H3,(H,24,25,26). The number of nitrogens with zero attached hydrogens (tertiary/aromatic N) is 5. The molecule has 0 aliphatic carbocycles. The lowest BCUT2D eigenvalue weighted by Crippen LogP contribution is -2.02. The van der Waals surface area contributed by atoms with Crippen LogP contribution in [0.2, 0.25) is 0 Å². The lowest BCUT2D eigenvalue weighted by molar-refractivity contribution is 0.797. The largest absolute Gasteiger partial charge is 0.365 e. The van der Waals surface area contributed by atoms with Gasteiger partial charge in [0.05, 0.1) is 17.2 Å². The van der Waals surface area contributed by atoms with Crippen LogP contribution in [0.4, 0.5) is 5.82 Å². The van der Waals surface area contributed by atoms with E-state index in [0.29, 0.717) is 6.54 Å². The topological polar surface area (TPSA) is 68.5 Å². The number of hydrogen-bond acceptors (Lipinski definition) is 5. The Morgan fingerprint density at radius 2 is 1.75 bits per heavy atom. The summed E-state index contributed by atoms with van der Waals surface area (Å²) in [5, 5.41) is 8.70. The molecule has 5 aromatic rings. The molecule has 0 radical (unpaired) electrons. The van der Waals surface area contributed by atoms with Crippen molar-refractivity contribution in [1.82, 2.24) is 24.7 Å². The van der Waals surface area contributed by atoms with Crippen LogP contribution in [0.5, 0.6) is 0 Å². The molecule has 0 aliphatic heterocycles. The Kier molecular flexibility index (Phi) is 3.94. The summed E-state index contributed by atoms with van der Waals surface area (Å²) in [5.41, 5.74) is 6.11. The third-order valence-electron chi connectivity index (χ3n) is 4.87. The SMILES string of the molecule is Cn1ncc2ncc(-c3ccc4ncnc(NCc5ccccc5)c4c3)cc21. The summed E-state index contributed by atoms with van der Waals surface area (Å²) in [7, 11) is 1.92. The van der Waals surface area contributed by atoms with Gasteiger partial charge in [-0.05, 0) is 29.3 Å². The van der Waals surface area contributed by atoms with E-state index in [0.717, 1.165) is 38.9 Å². The zero-order chi connectivity index (χ0) is 18.9. The van der Waals surface area contributed by atoms with Crippen LogP contribution in [-0.4, -0.2) is 24.7 Å². The van der Waals surface area contributed by atoms with Gasteiger partial charge in [-0.3, -0.25) is 9.67 Å². The van der Waals surface area contributed by atoms with Crippen molar-refractivity contribution in [3.8, 4) is 11.1 Å². The maximum absolute atomic E-state index is 4.53. The Hall–Kier alpha value is -3.80. The average molecular weight is 366 g/mol. The molecule has 0 atom stereocenters. The highest BCUT2D eigenvalue weighted by atomic mass is 15.3. The fourth-order valence-electron chi connectivity index (χ4n) is 3.34. The molecule has 0 amide bonds. The van der Waals surface area contributed by atoms with Gasteiger partial charge in [-0.1, -0.05) is 36.4 Å². The number of anilines is 1. The van der Waals surface area contributed by atoms with E-state index in [1.54, 1.807) is 12.5 Å². The molecule has 6 nitrogen and oxygen atoms in total. The number of hydrogen-bond donors (Lipinski definition) is 1. The highest BCUT2D eigenvalue weighted by Crippen LogP contribution is 2.28. The highest BCUT2D eigenvalue weighted by molar-refractivity contribution is 5.93. The normalized spacial score (nSPS) is 11.2. The molecule has 1 N–H and O–H groups in total. The van der Waals surface area contributed by atoms with Crippen molar-refractivity contribution in [2.24, 2.45) is 7.05 Å². The molecule has 28 heavy (non-hydrogen) atoms. The predicted molar refractivity (Wildman–Crippen MR) is 111 cm³/mol. The molecule has 0 unspecified atom stereocenters. The summed E-state index contributed by atoms with van der Waals surface area (Å²) in [5.74, 6) is 0.824. The molecule has 3 aromatic heterocycles. The number of nitrogens with one attached hydrogen (secondary N) is 1. The van der Waals surface area contributed by atoms with Gasteiger partial charge in [-0.25, -0.2) is 9.97 Å². The Morgan fingerprint density at radius 1 is 0.857 bits per heavy atom. The van der Waals surface area contributed by atoms with Crippen LogP contribution in [0.15, 0.2) is 73.3 Å². The fourth-order valence-corrected chi connectivity index (χ4v) is 3.34. The molecule has 0 saturated carbocycles. The molecule has 136 valence electrons. The van der Waals surface area contributed by atoms with Gasteiger partial charge in [0.15, 0.2) is 0 Å². The van der Waals surface area contributed by atoms with Gasteiger partial charge in [0.1, 0.15) is 17.7 Å². The van der Waals surface area contributed by atoms with Crippen molar-refractivity contribution in [1.29, 1.82) is 0 Å². The van der Waals surface area contributed by atoms with Gasteiger partial charge in [0.2, 0.25) is 0 Å². The number of aryl methyl sites for hydroxylation is 1. The Bertz CT molecular complexity index is 1280. The van der Waals surface area contributed by atoms with Crippen molar-refractivity contribution in [3.63, 3.8) is 0 Å². The van der Waals surface area contributed by atoms with Gasteiger partial charge in [-0.15, -0.1) is 0 Å². The van der Waals surface area contributed by atoms with Crippen LogP contribution in [0, 0.1) is 0 Å². The summed E-state index contributed by atoms with van der Waals surface area (Å²) in [4.78, 5) is 13.4. The smallest absolute Gasteiger partial charge is 0.137 e. The van der Waals surface area contributed by atoms with Crippen molar-refractivity contribution in [2.75, 3.05) is 5.32 Å². The quantitative estimate of drug-likeness (QED) is 0.516. The molecule has 0 aliphatic rings. The number of rotatable bonds is 4. The predicted octanol–water partition coefficient (Wildman–Crippen LogP) is 4.19. The van der Waals surface area contributed by atoms with E-state index in [-0.39, 0.29) is 0 Å². The summed E-state index contributed by atoms with van der Waals surface area (Å²) in [6, 6.07) is 18.6. The lowest BCUT2D eigenvalue weighted by Gasteiger charge is -2.10. The zero-order valence-corrected chi connectivity index (χ0v) is 15.4. The maximum Gasteiger partial charge on any atom is 0.137 e. The van der Waals surface area contributed by atoms with Crippen LogP contribution in [0.25, 0.3) is 33.1 Å². The minimum absolute atomic E-state index is 0.708. The Morgan fingerprint density at radius 3 is 2.64 bits per heavy atom. The molecule has 0 spiro atoms. The van der Waals surface area contributed by atoms with Gasteiger partial charge in [0.25, 0.3) is 0 Å². The highest BCUT2D eigenvalue weighted by Gasteiger charge is 2.08. The van der Waals surface area contributed by atoms with Gasteiger partial charge in [-0.2, -0.15) is 5.10 Å². The number of pyridine rings is 1. The molecule has 0 bridgehead atoms. The van der Waals surface area contributed by atoms with Crippen LogP contribution >= 0.6 is 0 Å². The summed E-state index contributed by atoms with van der Waals surface area (Å²) < 4.78 is 1.84. The summed E-state index contributed by atoms with van der Waals surface area (Å²) in [6.45, 7) is 0.708. The molecule has 5 rings (SSSR count). The fraction of sp³-hybridized carbons (Fsp3) is 0.0909. The minimum Gasteiger partial charge on any atom is -0.365 e. The average Bonchev–Trinajstić information content (AvgIpc) is 3.13. The van der Waals surface area contributed by atoms with E-state index >= 15 is 0 Å². The molecular weight excluding hydrogens is 348 g/mol. The molecule has 0 fully saturated rings. The first kappa shape index (κ1) is 16.4. The van der Waals surface area contributed by atoms with E-state index in [4.69, 9.17) is 0 Å². The lowest BCUT2D eigenvalue weighted by atomic mass is 10.0. The van der Waals surface area contributed by atoms with Crippen molar-refractivity contribution in [2.45, 2.75) is 6.54 Å². The second-order valence-electron chi connectivity index (χ2n) is 6.69. The first-order valence-electron chi connectivity index (χ1n) is 9.08. The minimum atomic E-state index is 0.708. The third-order valence-corrected chi connectivity index (χ3v) is 4.87. The van der Waals surface area contributed by atoms with E-state index in [1.165, 1.54) is 5.56 Å². The van der Waals surface area contributed by atoms with E-state index in [9.17, 15) is 0 Å². The number of fused-ring (bicyclic) bond motifs is 2. The molecular formula is C22H18N6. The molecule has 3 heterocycles. The van der Waals surface area contributed by atoms with Crippen molar-refractivity contribution >= 4 is 27.8 Å². The zero-order valence-electron chi connectivity index (χ0n) is 15.4. The van der Waals surface area contributed by atoms with Crippen LogP contribution in [0.1, 0.15) is 5.56 Å². The van der Waals surface area contributed by atoms with E-state index in [1.807, 2.05) is 42.2 Å². The summed E-state index contributed by atoms with van der Waals surface area (Å²) in [6.07, 6.45) is 5.25. The van der Waals surface area contributed by atoms with Gasteiger partial charge in [0, 0.05) is 30.7 Å². The first-order valence-corrected chi connectivity index (χ1v) is 9.08. The van der Waals surface area contributed by atoms with Gasteiger partial charge < -0.3 is 5.32 Å². The van der Waals surface area contributed by atoms with E-state index in [2.05, 4.69) is 55.7 Å². The number of benzene rings is 2. The monoisotopic (exact) mass is 366 g/mol. The number of aromatic nitrogens is 5. The van der Waals surface area contributed by atoms with Crippen molar-refractivity contribution in [3.05, 3.63) is 78.9 Å². The van der Waals surface area contributed by atoms with Crippen LogP contribution in [0.3, 0.4) is 0 Å². The summed E-state index contributed by atoms with van der Waals surface area (Å²) >= 11 is 0.